The van der Waals surface area contributed by atoms with Crippen molar-refractivity contribution in [3.05, 3.63) is 101 Å². The number of para-hydroxylation sites is 1. The number of fused-ring (bicyclic) bond motifs is 1. The van der Waals surface area contributed by atoms with Crippen LogP contribution in [-0.2, 0) is 16.0 Å². The Balaban J connectivity index is 1.71. The fraction of sp³-hybridized carbons (Fsp3) is 0.154. The summed E-state index contributed by atoms with van der Waals surface area (Å²) in [6.07, 6.45) is 0.690. The molecule has 6 heteroatoms. The lowest BCUT2D eigenvalue weighted by molar-refractivity contribution is -0.132. The highest BCUT2D eigenvalue weighted by Gasteiger charge is 2.47. The minimum Gasteiger partial charge on any atom is -0.507 e. The zero-order valence-corrected chi connectivity index (χ0v) is 17.3. The van der Waals surface area contributed by atoms with Gasteiger partial charge < -0.3 is 9.84 Å². The maximum atomic E-state index is 14.9. The Hall–Kier alpha value is -3.93. The number of nitrogens with zero attached hydrogens (tertiary/aromatic N) is 1. The van der Waals surface area contributed by atoms with Crippen LogP contribution in [0.25, 0.3) is 5.76 Å². The molecule has 1 fully saturated rings. The molecule has 3 aromatic rings. The van der Waals surface area contributed by atoms with Gasteiger partial charge in [-0.2, -0.15) is 0 Å². The Morgan fingerprint density at radius 1 is 1.03 bits per heavy atom. The number of ether oxygens (including phenoxy) is 1. The molecule has 0 spiro atoms. The molecule has 2 aliphatic heterocycles. The first-order chi connectivity index (χ1) is 15.5. The standard InChI is InChI=1S/C26H20FNO4/c1-15-13-17-14-16(11-12-21(17)32-15)24(29)22-23(19-9-5-6-10-20(19)27)28(26(31)25(22)30)18-7-3-2-4-8-18/h2-12,14-15,23,29H,13H2,1H3/b24-22+. The van der Waals surface area contributed by atoms with Crippen LogP contribution in [0.5, 0.6) is 5.75 Å². The number of Topliss-reactive ketones (excluding diaryl/α,β-unsaturated/α-hetero) is 1. The van der Waals surface area contributed by atoms with Gasteiger partial charge >= 0.3 is 0 Å². The number of aliphatic hydroxyl groups excluding tert-OH is 1. The van der Waals surface area contributed by atoms with Gasteiger partial charge in [-0.25, -0.2) is 4.39 Å². The highest BCUT2D eigenvalue weighted by molar-refractivity contribution is 6.51. The normalized spacial score (nSPS) is 21.5. The lowest BCUT2D eigenvalue weighted by atomic mass is 9.94. The lowest BCUT2D eigenvalue weighted by Gasteiger charge is -2.25. The number of anilines is 1. The van der Waals surface area contributed by atoms with Crippen LogP contribution in [0.15, 0.2) is 78.4 Å². The molecule has 0 bridgehead atoms. The lowest BCUT2D eigenvalue weighted by Crippen LogP contribution is -2.29. The van der Waals surface area contributed by atoms with Crippen molar-refractivity contribution in [2.45, 2.75) is 25.5 Å². The molecule has 2 unspecified atom stereocenters. The molecular formula is C26H20FNO4. The van der Waals surface area contributed by atoms with Crippen LogP contribution in [-0.4, -0.2) is 22.9 Å². The molecule has 32 heavy (non-hydrogen) atoms. The smallest absolute Gasteiger partial charge is 0.300 e. The van der Waals surface area contributed by atoms with E-state index in [9.17, 15) is 19.1 Å². The SMILES string of the molecule is CC1Cc2cc(/C(O)=C3\C(=O)C(=O)N(c4ccccc4)C3c3ccccc3F)ccc2O1. The molecule has 1 amide bonds. The number of aliphatic hydroxyl groups is 1. The quantitative estimate of drug-likeness (QED) is 0.370. The van der Waals surface area contributed by atoms with E-state index in [4.69, 9.17) is 4.74 Å². The van der Waals surface area contributed by atoms with Crippen LogP contribution in [0.2, 0.25) is 0 Å². The molecule has 0 radical (unpaired) electrons. The van der Waals surface area contributed by atoms with Gasteiger partial charge in [0.25, 0.3) is 11.7 Å². The Bertz CT molecular complexity index is 1270. The summed E-state index contributed by atoms with van der Waals surface area (Å²) in [4.78, 5) is 27.4. The van der Waals surface area contributed by atoms with Crippen molar-refractivity contribution in [1.82, 2.24) is 0 Å². The van der Waals surface area contributed by atoms with Crippen molar-refractivity contribution in [2.24, 2.45) is 0 Å². The monoisotopic (exact) mass is 429 g/mol. The first-order valence-electron chi connectivity index (χ1n) is 10.4. The Kier molecular flexibility index (Phi) is 4.78. The van der Waals surface area contributed by atoms with Crippen LogP contribution in [0.1, 0.15) is 29.7 Å². The van der Waals surface area contributed by atoms with E-state index in [2.05, 4.69) is 0 Å². The van der Waals surface area contributed by atoms with E-state index in [0.717, 1.165) is 11.3 Å². The van der Waals surface area contributed by atoms with Crippen molar-refractivity contribution >= 4 is 23.1 Å². The molecule has 1 saturated heterocycles. The summed E-state index contributed by atoms with van der Waals surface area (Å²) in [5.74, 6) is -1.85. The van der Waals surface area contributed by atoms with E-state index < -0.39 is 23.5 Å². The van der Waals surface area contributed by atoms with Crippen LogP contribution >= 0.6 is 0 Å². The molecule has 2 aliphatic rings. The number of rotatable bonds is 3. The molecular weight excluding hydrogens is 409 g/mol. The minimum absolute atomic E-state index is 0.0180. The van der Waals surface area contributed by atoms with E-state index in [0.29, 0.717) is 17.7 Å². The second-order valence-corrected chi connectivity index (χ2v) is 7.98. The third kappa shape index (κ3) is 3.15. The van der Waals surface area contributed by atoms with Gasteiger partial charge in [0.15, 0.2) is 0 Å². The fourth-order valence-electron chi connectivity index (χ4n) is 4.40. The first kappa shape index (κ1) is 20.0. The molecule has 2 heterocycles. The maximum absolute atomic E-state index is 14.9. The van der Waals surface area contributed by atoms with Gasteiger partial charge in [-0.3, -0.25) is 14.5 Å². The van der Waals surface area contributed by atoms with Crippen molar-refractivity contribution in [2.75, 3.05) is 4.90 Å². The topological polar surface area (TPSA) is 66.8 Å². The third-order valence-electron chi connectivity index (χ3n) is 5.85. The Labute approximate surface area is 184 Å². The van der Waals surface area contributed by atoms with Gasteiger partial charge in [0.2, 0.25) is 0 Å². The van der Waals surface area contributed by atoms with Gasteiger partial charge in [0.05, 0.1) is 11.6 Å². The number of halogens is 1. The van der Waals surface area contributed by atoms with E-state index in [1.165, 1.54) is 23.1 Å². The molecule has 1 N–H and O–H groups in total. The van der Waals surface area contributed by atoms with Crippen molar-refractivity contribution < 1.29 is 23.8 Å². The highest BCUT2D eigenvalue weighted by atomic mass is 19.1. The minimum atomic E-state index is -1.10. The number of ketones is 1. The van der Waals surface area contributed by atoms with E-state index in [-0.39, 0.29) is 23.0 Å². The van der Waals surface area contributed by atoms with E-state index in [1.807, 2.05) is 6.92 Å². The average molecular weight is 429 g/mol. The predicted octanol–water partition coefficient (Wildman–Crippen LogP) is 4.78. The molecule has 0 aliphatic carbocycles. The number of hydrogen-bond acceptors (Lipinski definition) is 4. The predicted molar refractivity (Wildman–Crippen MR) is 118 cm³/mol. The number of benzene rings is 3. The Morgan fingerprint density at radius 3 is 2.50 bits per heavy atom. The van der Waals surface area contributed by atoms with Crippen molar-refractivity contribution in [3.63, 3.8) is 0 Å². The van der Waals surface area contributed by atoms with Crippen LogP contribution in [0, 0.1) is 5.82 Å². The molecule has 3 aromatic carbocycles. The van der Waals surface area contributed by atoms with Crippen LogP contribution in [0.4, 0.5) is 10.1 Å². The molecule has 5 rings (SSSR count). The zero-order valence-electron chi connectivity index (χ0n) is 17.3. The summed E-state index contributed by atoms with van der Waals surface area (Å²) in [5, 5.41) is 11.2. The van der Waals surface area contributed by atoms with Gasteiger partial charge in [0, 0.05) is 23.2 Å². The highest BCUT2D eigenvalue weighted by Crippen LogP contribution is 2.43. The number of carbonyl (C=O) groups excluding carboxylic acids is 2. The van der Waals surface area contributed by atoms with Crippen molar-refractivity contribution in [1.29, 1.82) is 0 Å². The largest absolute Gasteiger partial charge is 0.507 e. The van der Waals surface area contributed by atoms with E-state index in [1.54, 1.807) is 54.6 Å². The maximum Gasteiger partial charge on any atom is 0.300 e. The Morgan fingerprint density at radius 2 is 1.75 bits per heavy atom. The first-order valence-corrected chi connectivity index (χ1v) is 10.4. The fourth-order valence-corrected chi connectivity index (χ4v) is 4.40. The molecule has 5 nitrogen and oxygen atoms in total. The number of carbonyl (C=O) groups is 2. The summed E-state index contributed by atoms with van der Waals surface area (Å²) >= 11 is 0. The second kappa shape index (κ2) is 7.64. The average Bonchev–Trinajstić information content (AvgIpc) is 3.30. The molecule has 0 saturated carbocycles. The second-order valence-electron chi connectivity index (χ2n) is 7.98. The van der Waals surface area contributed by atoms with Gasteiger partial charge in [-0.1, -0.05) is 36.4 Å². The number of hydrogen-bond donors (Lipinski definition) is 1. The summed E-state index contributed by atoms with van der Waals surface area (Å²) in [6, 6.07) is 18.6. The molecule has 2 atom stereocenters. The number of amides is 1. The summed E-state index contributed by atoms with van der Waals surface area (Å²) in [7, 11) is 0. The zero-order chi connectivity index (χ0) is 22.4. The summed E-state index contributed by atoms with van der Waals surface area (Å²) in [5.41, 5.74) is 1.72. The molecule has 0 aromatic heterocycles. The summed E-state index contributed by atoms with van der Waals surface area (Å²) < 4.78 is 20.6. The van der Waals surface area contributed by atoms with Gasteiger partial charge in [-0.15, -0.1) is 0 Å². The van der Waals surface area contributed by atoms with Gasteiger partial charge in [-0.05, 0) is 48.9 Å². The summed E-state index contributed by atoms with van der Waals surface area (Å²) in [6.45, 7) is 1.95. The van der Waals surface area contributed by atoms with Crippen LogP contribution < -0.4 is 9.64 Å². The van der Waals surface area contributed by atoms with Gasteiger partial charge in [0.1, 0.15) is 23.4 Å². The third-order valence-corrected chi connectivity index (χ3v) is 5.85. The van der Waals surface area contributed by atoms with Crippen LogP contribution in [0.3, 0.4) is 0 Å². The van der Waals surface area contributed by atoms with E-state index >= 15 is 0 Å². The molecule has 160 valence electrons. The van der Waals surface area contributed by atoms with Crippen molar-refractivity contribution in [3.8, 4) is 5.75 Å².